The monoisotopic (exact) mass is 511 g/mol. The predicted octanol–water partition coefficient (Wildman–Crippen LogP) is 2.36. The van der Waals surface area contributed by atoms with Crippen molar-refractivity contribution in [2.75, 3.05) is 11.9 Å². The summed E-state index contributed by atoms with van der Waals surface area (Å²) in [4.78, 5) is 24.7. The summed E-state index contributed by atoms with van der Waals surface area (Å²) in [6, 6.07) is 11.8. The zero-order valence-corrected chi connectivity index (χ0v) is 19.3. The third-order valence-electron chi connectivity index (χ3n) is 4.97. The van der Waals surface area contributed by atoms with Crippen LogP contribution < -0.4 is 5.32 Å². The molecule has 1 fully saturated rings. The quantitative estimate of drug-likeness (QED) is 0.311. The lowest BCUT2D eigenvalue weighted by molar-refractivity contribution is -0.287. The van der Waals surface area contributed by atoms with Crippen LogP contribution in [0.1, 0.15) is 5.56 Å². The maximum atomic E-state index is 12.6. The molecule has 1 aliphatic heterocycles. The van der Waals surface area contributed by atoms with E-state index < -0.39 is 42.6 Å². The van der Waals surface area contributed by atoms with Gasteiger partial charge in [0.15, 0.2) is 6.10 Å². The van der Waals surface area contributed by atoms with Crippen LogP contribution in [0.4, 0.5) is 11.4 Å². The molecule has 34 heavy (non-hydrogen) atoms. The van der Waals surface area contributed by atoms with Gasteiger partial charge in [0.05, 0.1) is 22.2 Å². The van der Waals surface area contributed by atoms with Crippen molar-refractivity contribution in [3.63, 3.8) is 0 Å². The van der Waals surface area contributed by atoms with Crippen molar-refractivity contribution >= 4 is 46.5 Å². The van der Waals surface area contributed by atoms with Gasteiger partial charge >= 0.3 is 11.9 Å². The van der Waals surface area contributed by atoms with Crippen molar-refractivity contribution in [1.29, 1.82) is 0 Å². The molecule has 0 aliphatic carbocycles. The van der Waals surface area contributed by atoms with Crippen molar-refractivity contribution in [1.82, 2.24) is 0 Å². The third kappa shape index (κ3) is 6.06. The molecule has 2 aromatic rings. The average molecular weight is 512 g/mol. The molecule has 0 spiro atoms. The molecule has 9 nitrogen and oxygen atoms in total. The number of carbonyl (C=O) groups excluding carboxylic acids is 2. The summed E-state index contributed by atoms with van der Waals surface area (Å²) in [6.07, 6.45) is -7.74. The molecule has 2 aromatic carbocycles. The zero-order chi connectivity index (χ0) is 24.8. The topological polar surface area (TPSA) is 135 Å². The van der Waals surface area contributed by atoms with Gasteiger partial charge in [-0.25, -0.2) is 4.79 Å². The van der Waals surface area contributed by atoms with E-state index >= 15 is 0 Å². The van der Waals surface area contributed by atoms with Crippen LogP contribution in [-0.2, 0) is 30.2 Å². The van der Waals surface area contributed by atoms with Crippen LogP contribution in [0.3, 0.4) is 0 Å². The van der Waals surface area contributed by atoms with Crippen LogP contribution in [0.5, 0.6) is 0 Å². The fourth-order valence-electron chi connectivity index (χ4n) is 3.24. The van der Waals surface area contributed by atoms with Gasteiger partial charge in [0.1, 0.15) is 24.9 Å². The van der Waals surface area contributed by atoms with Gasteiger partial charge in [0, 0.05) is 5.69 Å². The number of hydrogen-bond acceptors (Lipinski definition) is 9. The van der Waals surface area contributed by atoms with Crippen molar-refractivity contribution in [3.8, 4) is 0 Å². The molecule has 5 atom stereocenters. The van der Waals surface area contributed by atoms with Gasteiger partial charge in [-0.2, -0.15) is 0 Å². The van der Waals surface area contributed by atoms with Crippen molar-refractivity contribution in [3.05, 3.63) is 70.7 Å². The van der Waals surface area contributed by atoms with Crippen LogP contribution >= 0.6 is 23.2 Å². The van der Waals surface area contributed by atoms with Crippen LogP contribution in [0.15, 0.2) is 55.1 Å². The molecular formula is C23H23Cl2NO8. The number of hydrogen-bond donors (Lipinski definition) is 4. The van der Waals surface area contributed by atoms with E-state index in [0.29, 0.717) is 27.0 Å². The molecule has 1 aliphatic rings. The van der Waals surface area contributed by atoms with Gasteiger partial charge in [0.2, 0.25) is 6.29 Å². The number of carbonyl (C=O) groups is 2. The summed E-state index contributed by atoms with van der Waals surface area (Å²) in [6.45, 7) is 3.24. The minimum atomic E-state index is -1.82. The molecule has 0 bridgehead atoms. The highest BCUT2D eigenvalue weighted by molar-refractivity contribution is 6.39. The standard InChI is InChI=1S/C23H23Cl2NO8/c1-2-10-32-22(31)21-19(29)18(28)20(30)23(34-21)33-16(27)11-12-6-3-4-9-15(12)26-17-13(24)7-5-8-14(17)25/h2-9,18-21,23,26,28-30H,1,10-11H2. The molecule has 11 heteroatoms. The molecule has 0 amide bonds. The number of rotatable bonds is 8. The molecule has 182 valence electrons. The number of para-hydroxylation sites is 2. The second-order valence-corrected chi connectivity index (χ2v) is 8.18. The maximum absolute atomic E-state index is 12.6. The fraction of sp³-hybridized carbons (Fsp3) is 0.304. The smallest absolute Gasteiger partial charge is 0.338 e. The van der Waals surface area contributed by atoms with Crippen molar-refractivity contribution < 1.29 is 39.1 Å². The Labute approximate surface area is 205 Å². The Bertz CT molecular complexity index is 1030. The Morgan fingerprint density at radius 3 is 2.38 bits per heavy atom. The number of anilines is 2. The summed E-state index contributed by atoms with van der Waals surface area (Å²) < 4.78 is 15.2. The minimum Gasteiger partial charge on any atom is -0.459 e. The first-order valence-corrected chi connectivity index (χ1v) is 10.9. The number of esters is 2. The molecule has 3 rings (SSSR count). The highest BCUT2D eigenvalue weighted by atomic mass is 35.5. The Morgan fingerprint density at radius 1 is 1.03 bits per heavy atom. The molecule has 0 aromatic heterocycles. The van der Waals surface area contributed by atoms with Gasteiger partial charge in [-0.05, 0) is 23.8 Å². The lowest BCUT2D eigenvalue weighted by Crippen LogP contribution is -2.61. The Hall–Kier alpha value is -2.66. The van der Waals surface area contributed by atoms with E-state index in [2.05, 4.69) is 11.9 Å². The molecule has 5 unspecified atom stereocenters. The molecule has 1 heterocycles. The highest BCUT2D eigenvalue weighted by Gasteiger charge is 2.49. The molecule has 0 radical (unpaired) electrons. The van der Waals surface area contributed by atoms with Gasteiger partial charge in [-0.3, -0.25) is 4.79 Å². The second kappa shape index (κ2) is 11.7. The summed E-state index contributed by atoms with van der Waals surface area (Å²) >= 11 is 12.4. The first-order chi connectivity index (χ1) is 16.2. The Kier molecular flexibility index (Phi) is 8.90. The van der Waals surface area contributed by atoms with E-state index in [0.717, 1.165) is 0 Å². The van der Waals surface area contributed by atoms with Crippen molar-refractivity contribution in [2.45, 2.75) is 37.1 Å². The number of benzene rings is 2. The number of aliphatic hydroxyl groups is 3. The SMILES string of the molecule is C=CCOC(=O)C1OC(OC(=O)Cc2ccccc2Nc2c(Cl)cccc2Cl)C(O)C(O)C1O. The first kappa shape index (κ1) is 26.0. The van der Waals surface area contributed by atoms with Gasteiger partial charge in [-0.15, -0.1) is 0 Å². The van der Waals surface area contributed by atoms with Crippen LogP contribution in [0.2, 0.25) is 10.0 Å². The van der Waals surface area contributed by atoms with Gasteiger partial charge < -0.3 is 34.8 Å². The zero-order valence-electron chi connectivity index (χ0n) is 17.8. The Balaban J connectivity index is 1.71. The summed E-state index contributed by atoms with van der Waals surface area (Å²) in [7, 11) is 0. The summed E-state index contributed by atoms with van der Waals surface area (Å²) in [5.74, 6) is -1.84. The Morgan fingerprint density at radius 2 is 1.71 bits per heavy atom. The van der Waals surface area contributed by atoms with E-state index in [1.165, 1.54) is 6.08 Å². The van der Waals surface area contributed by atoms with E-state index in [9.17, 15) is 24.9 Å². The maximum Gasteiger partial charge on any atom is 0.338 e. The molecule has 4 N–H and O–H groups in total. The number of ether oxygens (including phenoxy) is 3. The fourth-order valence-corrected chi connectivity index (χ4v) is 3.73. The van der Waals surface area contributed by atoms with E-state index in [1.807, 2.05) is 0 Å². The lowest BCUT2D eigenvalue weighted by atomic mass is 9.99. The molecule has 0 saturated carbocycles. The van der Waals surface area contributed by atoms with Crippen LogP contribution in [-0.4, -0.2) is 64.6 Å². The summed E-state index contributed by atoms with van der Waals surface area (Å²) in [5.41, 5.74) is 1.49. The molecular weight excluding hydrogens is 489 g/mol. The average Bonchev–Trinajstić information content (AvgIpc) is 2.81. The first-order valence-electron chi connectivity index (χ1n) is 10.2. The van der Waals surface area contributed by atoms with E-state index in [4.69, 9.17) is 37.4 Å². The predicted molar refractivity (Wildman–Crippen MR) is 124 cm³/mol. The van der Waals surface area contributed by atoms with E-state index in [1.54, 1.807) is 42.5 Å². The minimum absolute atomic E-state index is 0.159. The summed E-state index contributed by atoms with van der Waals surface area (Å²) in [5, 5.41) is 34.2. The van der Waals surface area contributed by atoms with E-state index in [-0.39, 0.29) is 13.0 Å². The van der Waals surface area contributed by atoms with Gasteiger partial charge in [-0.1, -0.05) is 60.1 Å². The number of halogens is 2. The van der Waals surface area contributed by atoms with Crippen molar-refractivity contribution in [2.24, 2.45) is 0 Å². The third-order valence-corrected chi connectivity index (χ3v) is 5.60. The highest BCUT2D eigenvalue weighted by Crippen LogP contribution is 2.34. The second-order valence-electron chi connectivity index (χ2n) is 7.36. The largest absolute Gasteiger partial charge is 0.459 e. The van der Waals surface area contributed by atoms with Gasteiger partial charge in [0.25, 0.3) is 0 Å². The van der Waals surface area contributed by atoms with Crippen LogP contribution in [0, 0.1) is 0 Å². The van der Waals surface area contributed by atoms with Crippen LogP contribution in [0.25, 0.3) is 0 Å². The normalized spacial score (nSPS) is 24.2. The number of nitrogens with one attached hydrogen (secondary N) is 1. The molecule has 1 saturated heterocycles. The number of aliphatic hydroxyl groups excluding tert-OH is 3. The lowest BCUT2D eigenvalue weighted by Gasteiger charge is -2.38.